The number of hydrogen-bond donors (Lipinski definition) is 1. The summed E-state index contributed by atoms with van der Waals surface area (Å²) < 4.78 is 5.48. The number of primary amides is 1. The molecule has 202 valence electrons. The van der Waals surface area contributed by atoms with E-state index in [1.165, 1.54) is 11.3 Å². The monoisotopic (exact) mass is 517 g/mol. The third-order valence-corrected chi connectivity index (χ3v) is 7.84. The number of fused-ring (bicyclic) bond motifs is 1. The van der Waals surface area contributed by atoms with Gasteiger partial charge in [0.1, 0.15) is 0 Å². The van der Waals surface area contributed by atoms with Crippen molar-refractivity contribution in [2.24, 2.45) is 16.6 Å². The largest absolute Gasteiger partial charge is 0.379 e. The lowest BCUT2D eigenvalue weighted by Crippen LogP contribution is -2.52. The Kier molecular flexibility index (Phi) is 8.39. The molecule has 1 saturated heterocycles. The van der Waals surface area contributed by atoms with E-state index in [0.29, 0.717) is 12.2 Å². The van der Waals surface area contributed by atoms with Gasteiger partial charge in [-0.05, 0) is 43.0 Å². The lowest BCUT2D eigenvalue weighted by molar-refractivity contribution is -0.119. The molecule has 0 aromatic heterocycles. The van der Waals surface area contributed by atoms with Crippen molar-refractivity contribution >= 4 is 29.0 Å². The van der Waals surface area contributed by atoms with E-state index in [0.717, 1.165) is 87.5 Å². The smallest absolute Gasteiger partial charge is 0.321 e. The minimum absolute atomic E-state index is 0.220. The number of rotatable bonds is 7. The van der Waals surface area contributed by atoms with Crippen LogP contribution in [-0.4, -0.2) is 61.6 Å². The predicted molar refractivity (Wildman–Crippen MR) is 151 cm³/mol. The number of para-hydroxylation sites is 1. The summed E-state index contributed by atoms with van der Waals surface area (Å²) in [7, 11) is 0. The minimum Gasteiger partial charge on any atom is -0.379 e. The molecule has 2 heterocycles. The molecule has 2 fully saturated rings. The van der Waals surface area contributed by atoms with Gasteiger partial charge >= 0.3 is 6.03 Å². The van der Waals surface area contributed by atoms with Crippen LogP contribution in [0.4, 0.5) is 16.2 Å². The van der Waals surface area contributed by atoms with E-state index in [2.05, 4.69) is 17.9 Å². The zero-order valence-corrected chi connectivity index (χ0v) is 22.3. The molecule has 2 aromatic carbocycles. The molecule has 8 heteroatoms. The van der Waals surface area contributed by atoms with E-state index < -0.39 is 12.2 Å². The summed E-state index contributed by atoms with van der Waals surface area (Å²) in [6, 6.07) is 15.1. The van der Waals surface area contributed by atoms with Gasteiger partial charge in [-0.1, -0.05) is 56.5 Å². The average Bonchev–Trinajstić information content (AvgIpc) is 3.05. The van der Waals surface area contributed by atoms with Crippen LogP contribution in [0.25, 0.3) is 0 Å². The zero-order valence-electron chi connectivity index (χ0n) is 22.3. The lowest BCUT2D eigenvalue weighted by atomic mass is 9.82. The quantitative estimate of drug-likeness (QED) is 0.583. The van der Waals surface area contributed by atoms with Gasteiger partial charge in [0.25, 0.3) is 5.91 Å². The highest BCUT2D eigenvalue weighted by atomic mass is 16.5. The van der Waals surface area contributed by atoms with Crippen LogP contribution in [0.3, 0.4) is 0 Å². The van der Waals surface area contributed by atoms with Crippen LogP contribution in [-0.2, 0) is 16.1 Å². The molecule has 8 nitrogen and oxygen atoms in total. The van der Waals surface area contributed by atoms with Gasteiger partial charge in [0, 0.05) is 43.3 Å². The molecule has 2 N–H and O–H groups in total. The number of nitrogens with zero attached hydrogens (tertiary/aromatic N) is 4. The number of morpholine rings is 1. The predicted octanol–water partition coefficient (Wildman–Crippen LogP) is 4.56. The number of benzodiazepines with no additional fused rings is 1. The Hall–Kier alpha value is -3.23. The second kappa shape index (κ2) is 12.1. The number of urea groups is 1. The van der Waals surface area contributed by atoms with Gasteiger partial charge in [0.2, 0.25) is 6.17 Å². The summed E-state index contributed by atoms with van der Waals surface area (Å²) in [5.41, 5.74) is 10.5. The van der Waals surface area contributed by atoms with Crippen molar-refractivity contribution in [3.8, 4) is 0 Å². The first-order valence-corrected chi connectivity index (χ1v) is 14.0. The van der Waals surface area contributed by atoms with Crippen LogP contribution in [0.2, 0.25) is 0 Å². The third-order valence-electron chi connectivity index (χ3n) is 7.84. The fourth-order valence-electron chi connectivity index (χ4n) is 5.98. The molecule has 1 saturated carbocycles. The maximum absolute atomic E-state index is 14.2. The molecule has 2 aliphatic heterocycles. The topological polar surface area (TPSA) is 91.5 Å². The summed E-state index contributed by atoms with van der Waals surface area (Å²) in [6.07, 6.45) is 5.32. The summed E-state index contributed by atoms with van der Waals surface area (Å²) in [6.45, 7) is 6.51. The van der Waals surface area contributed by atoms with Gasteiger partial charge in [-0.25, -0.2) is 4.79 Å². The van der Waals surface area contributed by atoms with Crippen molar-refractivity contribution in [2.75, 3.05) is 42.6 Å². The van der Waals surface area contributed by atoms with Gasteiger partial charge in [0.15, 0.2) is 0 Å². The molecule has 38 heavy (non-hydrogen) atoms. The van der Waals surface area contributed by atoms with Crippen molar-refractivity contribution in [3.63, 3.8) is 0 Å². The molecule has 1 aliphatic carbocycles. The SMILES string of the molecule is CCCN1C(=O)[C@@H](N(C(N)=O)c2cccc(CN3CCOCC3)c2)N=C(C2CCCCC2)c2ccccc21. The third kappa shape index (κ3) is 5.61. The van der Waals surface area contributed by atoms with Crippen molar-refractivity contribution < 1.29 is 14.3 Å². The highest BCUT2D eigenvalue weighted by molar-refractivity contribution is 6.15. The fraction of sp³-hybridized carbons (Fsp3) is 0.500. The van der Waals surface area contributed by atoms with E-state index in [-0.39, 0.29) is 11.8 Å². The number of carbonyl (C=O) groups is 2. The lowest BCUT2D eigenvalue weighted by Gasteiger charge is -2.31. The molecule has 0 spiro atoms. The highest BCUT2D eigenvalue weighted by Crippen LogP contribution is 2.35. The van der Waals surface area contributed by atoms with Crippen molar-refractivity contribution in [1.82, 2.24) is 4.90 Å². The van der Waals surface area contributed by atoms with Crippen LogP contribution in [0.15, 0.2) is 53.5 Å². The fourth-order valence-corrected chi connectivity index (χ4v) is 5.98. The second-order valence-electron chi connectivity index (χ2n) is 10.5. The van der Waals surface area contributed by atoms with Crippen molar-refractivity contribution in [3.05, 3.63) is 59.7 Å². The normalized spacial score (nSPS) is 21.0. The molecular formula is C30H39N5O3. The maximum atomic E-state index is 14.2. The van der Waals surface area contributed by atoms with E-state index >= 15 is 0 Å². The zero-order chi connectivity index (χ0) is 26.5. The first kappa shape index (κ1) is 26.4. The first-order valence-electron chi connectivity index (χ1n) is 14.0. The molecule has 1 atom stereocenters. The number of nitrogens with two attached hydrogens (primary N) is 1. The second-order valence-corrected chi connectivity index (χ2v) is 10.5. The van der Waals surface area contributed by atoms with E-state index in [1.54, 1.807) is 4.90 Å². The molecular weight excluding hydrogens is 478 g/mol. The molecule has 5 rings (SSSR count). The summed E-state index contributed by atoms with van der Waals surface area (Å²) in [5, 5.41) is 0. The number of aliphatic imine (C=N–C) groups is 1. The van der Waals surface area contributed by atoms with Crippen LogP contribution in [0.1, 0.15) is 56.6 Å². The van der Waals surface area contributed by atoms with Gasteiger partial charge in [-0.15, -0.1) is 0 Å². The number of amides is 3. The number of hydrogen-bond acceptors (Lipinski definition) is 5. The molecule has 3 aliphatic rings. The minimum atomic E-state index is -1.05. The Labute approximate surface area is 225 Å². The maximum Gasteiger partial charge on any atom is 0.321 e. The Morgan fingerprint density at radius 3 is 2.58 bits per heavy atom. The Morgan fingerprint density at radius 1 is 1.08 bits per heavy atom. The number of carbonyl (C=O) groups excluding carboxylic acids is 2. The molecule has 2 aromatic rings. The van der Waals surface area contributed by atoms with Crippen molar-refractivity contribution in [1.29, 1.82) is 0 Å². The molecule has 0 radical (unpaired) electrons. The number of ether oxygens (including phenoxy) is 1. The van der Waals surface area contributed by atoms with E-state index in [1.807, 2.05) is 42.5 Å². The van der Waals surface area contributed by atoms with Gasteiger partial charge < -0.3 is 15.4 Å². The van der Waals surface area contributed by atoms with Gasteiger partial charge in [-0.2, -0.15) is 0 Å². The summed E-state index contributed by atoms with van der Waals surface area (Å²) in [5.74, 6) is 0.0339. The molecule has 3 amide bonds. The Bertz CT molecular complexity index is 1170. The standard InChI is InChI=1S/C30H39N5O3/c1-2-15-34-26-14-7-6-13-25(26)27(23-10-4-3-5-11-23)32-28(29(34)36)35(30(31)37)24-12-8-9-22(20-24)21-33-16-18-38-19-17-33/h6-9,12-14,20,23,28H,2-5,10-11,15-19,21H2,1H3,(H2,31,37)/t28-/m1/s1. The van der Waals surface area contributed by atoms with E-state index in [9.17, 15) is 9.59 Å². The highest BCUT2D eigenvalue weighted by Gasteiger charge is 2.39. The van der Waals surface area contributed by atoms with E-state index in [4.69, 9.17) is 15.5 Å². The summed E-state index contributed by atoms with van der Waals surface area (Å²) in [4.78, 5) is 37.9. The van der Waals surface area contributed by atoms with Crippen LogP contribution >= 0.6 is 0 Å². The van der Waals surface area contributed by atoms with Crippen LogP contribution < -0.4 is 15.5 Å². The average molecular weight is 518 g/mol. The number of benzene rings is 2. The number of anilines is 2. The summed E-state index contributed by atoms with van der Waals surface area (Å²) >= 11 is 0. The van der Waals surface area contributed by atoms with Crippen LogP contribution in [0, 0.1) is 5.92 Å². The first-order chi connectivity index (χ1) is 18.6. The van der Waals surface area contributed by atoms with Gasteiger partial charge in [0.05, 0.1) is 24.6 Å². The molecule has 0 bridgehead atoms. The Morgan fingerprint density at radius 2 is 1.84 bits per heavy atom. The van der Waals surface area contributed by atoms with Crippen LogP contribution in [0.5, 0.6) is 0 Å². The van der Waals surface area contributed by atoms with Gasteiger partial charge in [-0.3, -0.25) is 19.6 Å². The molecule has 0 unspecified atom stereocenters. The van der Waals surface area contributed by atoms with Crippen molar-refractivity contribution in [2.45, 2.75) is 58.2 Å². The Balaban J connectivity index is 1.57.